The number of thiocarbonyl (C=S) groups is 1. The van der Waals surface area contributed by atoms with Gasteiger partial charge < -0.3 is 19.3 Å². The number of nitrogens with zero attached hydrogens (tertiary/aromatic N) is 1. The number of nitrogens with one attached hydrogen (secondary N) is 1. The fourth-order valence-corrected chi connectivity index (χ4v) is 4.15. The Labute approximate surface area is 192 Å². The van der Waals surface area contributed by atoms with Gasteiger partial charge in [-0.15, -0.1) is 0 Å². The highest BCUT2D eigenvalue weighted by atomic mass is 32.2. The molecule has 32 heavy (non-hydrogen) atoms. The van der Waals surface area contributed by atoms with Crippen LogP contribution in [-0.2, 0) is 4.79 Å². The molecule has 0 radical (unpaired) electrons. The Morgan fingerprint density at radius 3 is 2.38 bits per heavy atom. The smallest absolute Gasteiger partial charge is 0.340 e. The Bertz CT molecular complexity index is 1150. The quantitative estimate of drug-likeness (QED) is 0.462. The van der Waals surface area contributed by atoms with Crippen LogP contribution in [-0.4, -0.2) is 53.5 Å². The second-order valence-corrected chi connectivity index (χ2v) is 7.90. The summed E-state index contributed by atoms with van der Waals surface area (Å²) in [4.78, 5) is 37.5. The average molecular weight is 475 g/mol. The molecule has 9 nitrogen and oxygen atoms in total. The van der Waals surface area contributed by atoms with Crippen LogP contribution in [0.3, 0.4) is 0 Å². The number of carbonyl (C=O) groups is 3. The molecule has 3 rings (SSSR count). The number of hydrogen-bond acceptors (Lipinski definition) is 8. The van der Waals surface area contributed by atoms with E-state index in [4.69, 9.17) is 26.4 Å². The van der Waals surface area contributed by atoms with Gasteiger partial charge in [-0.3, -0.25) is 15.0 Å². The summed E-state index contributed by atoms with van der Waals surface area (Å²) in [6, 6.07) is 9.55. The first-order chi connectivity index (χ1) is 15.3. The van der Waals surface area contributed by atoms with Crippen LogP contribution in [0.4, 0.5) is 0 Å². The van der Waals surface area contributed by atoms with Crippen molar-refractivity contribution < 1.29 is 33.7 Å². The predicted molar refractivity (Wildman–Crippen MR) is 122 cm³/mol. The number of carboxylic acids is 1. The monoisotopic (exact) mass is 474 g/mol. The van der Waals surface area contributed by atoms with Gasteiger partial charge in [0.25, 0.3) is 11.8 Å². The number of amides is 2. The summed E-state index contributed by atoms with van der Waals surface area (Å²) < 4.78 is 15.6. The molecule has 0 spiro atoms. The lowest BCUT2D eigenvalue weighted by Gasteiger charge is -2.16. The minimum Gasteiger partial charge on any atom is -0.496 e. The van der Waals surface area contributed by atoms with Gasteiger partial charge in [-0.05, 0) is 42.1 Å². The van der Waals surface area contributed by atoms with Crippen molar-refractivity contribution in [2.75, 3.05) is 21.3 Å². The van der Waals surface area contributed by atoms with Crippen LogP contribution in [0, 0.1) is 0 Å². The average Bonchev–Trinajstić information content (AvgIpc) is 3.05. The van der Waals surface area contributed by atoms with E-state index in [1.54, 1.807) is 24.3 Å². The van der Waals surface area contributed by atoms with Gasteiger partial charge in [-0.1, -0.05) is 30.0 Å². The van der Waals surface area contributed by atoms with Gasteiger partial charge in [0, 0.05) is 0 Å². The number of hydrogen-bond donors (Lipinski definition) is 2. The Balaban J connectivity index is 1.92. The molecule has 1 aliphatic heterocycles. The van der Waals surface area contributed by atoms with Crippen molar-refractivity contribution in [3.8, 4) is 17.2 Å². The normalized spacial score (nSPS) is 14.5. The Hall–Kier alpha value is -3.57. The Morgan fingerprint density at radius 2 is 1.75 bits per heavy atom. The van der Waals surface area contributed by atoms with Crippen molar-refractivity contribution in [2.45, 2.75) is 0 Å². The van der Waals surface area contributed by atoms with E-state index in [0.29, 0.717) is 5.75 Å². The fourth-order valence-electron chi connectivity index (χ4n) is 2.98. The van der Waals surface area contributed by atoms with E-state index in [-0.39, 0.29) is 37.4 Å². The lowest BCUT2D eigenvalue weighted by Crippen LogP contribution is -2.44. The van der Waals surface area contributed by atoms with Crippen molar-refractivity contribution in [1.82, 2.24) is 10.4 Å². The molecule has 2 N–H and O–H groups in total. The molecular formula is C21H18N2O7S2. The second-order valence-electron chi connectivity index (χ2n) is 6.23. The van der Waals surface area contributed by atoms with Crippen molar-refractivity contribution in [3.63, 3.8) is 0 Å². The molecule has 2 amide bonds. The van der Waals surface area contributed by atoms with Gasteiger partial charge in [-0.25, -0.2) is 4.79 Å². The first kappa shape index (κ1) is 23.1. The van der Waals surface area contributed by atoms with Gasteiger partial charge in [0.2, 0.25) is 0 Å². The maximum absolute atomic E-state index is 12.9. The summed E-state index contributed by atoms with van der Waals surface area (Å²) in [5, 5.41) is 10.6. The van der Waals surface area contributed by atoms with Gasteiger partial charge in [0.1, 0.15) is 11.3 Å². The molecule has 0 atom stereocenters. The lowest BCUT2D eigenvalue weighted by molar-refractivity contribution is -0.123. The molecule has 1 aliphatic rings. The molecule has 1 fully saturated rings. The van der Waals surface area contributed by atoms with Crippen LogP contribution >= 0.6 is 24.0 Å². The van der Waals surface area contributed by atoms with Gasteiger partial charge in [0.05, 0.1) is 31.8 Å². The molecular weight excluding hydrogens is 456 g/mol. The highest BCUT2D eigenvalue weighted by Crippen LogP contribution is 2.37. The zero-order chi connectivity index (χ0) is 23.4. The molecule has 0 unspecified atom stereocenters. The van der Waals surface area contributed by atoms with E-state index in [0.717, 1.165) is 16.8 Å². The molecule has 1 saturated heterocycles. The van der Waals surface area contributed by atoms with Crippen LogP contribution in [0.5, 0.6) is 17.2 Å². The number of carbonyl (C=O) groups excluding carboxylic acids is 2. The molecule has 0 saturated carbocycles. The molecule has 1 heterocycles. The molecule has 2 aromatic carbocycles. The third kappa shape index (κ3) is 4.39. The van der Waals surface area contributed by atoms with Crippen molar-refractivity contribution in [3.05, 3.63) is 58.0 Å². The summed E-state index contributed by atoms with van der Waals surface area (Å²) >= 11 is 6.16. The van der Waals surface area contributed by atoms with E-state index in [1.807, 2.05) is 0 Å². The van der Waals surface area contributed by atoms with Gasteiger partial charge in [0.15, 0.2) is 15.8 Å². The summed E-state index contributed by atoms with van der Waals surface area (Å²) in [6.07, 6.45) is 1.37. The SMILES string of the molecule is COc1ccccc1C(=O)NN1C(=O)/C(=C\c2ccc(OC)c(OC)c2C(=O)O)SC1=S. The third-order valence-electron chi connectivity index (χ3n) is 4.44. The first-order valence-electron chi connectivity index (χ1n) is 9.02. The summed E-state index contributed by atoms with van der Waals surface area (Å²) in [6.45, 7) is 0. The van der Waals surface area contributed by atoms with Crippen LogP contribution < -0.4 is 19.6 Å². The number of carboxylic acid groups (broad SMARTS) is 1. The molecule has 0 bridgehead atoms. The first-order valence-corrected chi connectivity index (χ1v) is 10.2. The summed E-state index contributed by atoms with van der Waals surface area (Å²) in [5.41, 5.74) is 2.73. The summed E-state index contributed by atoms with van der Waals surface area (Å²) in [7, 11) is 4.14. The standard InChI is InChI=1S/C21H18N2O7S2/c1-28-13-7-5-4-6-12(13)18(24)22-23-19(25)15(32-21(23)31)10-11-8-9-14(29-2)17(30-3)16(11)20(26)27/h4-10H,1-3H3,(H,22,24)(H,26,27)/b15-10+. The minimum absolute atomic E-state index is 0.0219. The zero-order valence-corrected chi connectivity index (χ0v) is 18.8. The van der Waals surface area contributed by atoms with Crippen LogP contribution in [0.2, 0.25) is 0 Å². The minimum atomic E-state index is -1.26. The van der Waals surface area contributed by atoms with Crippen molar-refractivity contribution >= 4 is 52.2 Å². The molecule has 11 heteroatoms. The van der Waals surface area contributed by atoms with Gasteiger partial charge >= 0.3 is 5.97 Å². The van der Waals surface area contributed by atoms with Crippen molar-refractivity contribution in [1.29, 1.82) is 0 Å². The fraction of sp³-hybridized carbons (Fsp3) is 0.143. The second kappa shape index (κ2) is 9.71. The predicted octanol–water partition coefficient (Wildman–Crippen LogP) is 2.96. The van der Waals surface area contributed by atoms with E-state index >= 15 is 0 Å². The number of ether oxygens (including phenoxy) is 3. The molecule has 2 aromatic rings. The number of benzene rings is 2. The van der Waals surface area contributed by atoms with Crippen LogP contribution in [0.25, 0.3) is 6.08 Å². The third-order valence-corrected chi connectivity index (χ3v) is 5.74. The van der Waals surface area contributed by atoms with Gasteiger partial charge in [-0.2, -0.15) is 5.01 Å². The zero-order valence-electron chi connectivity index (χ0n) is 17.2. The number of hydrazine groups is 1. The van der Waals surface area contributed by atoms with Crippen LogP contribution in [0.1, 0.15) is 26.3 Å². The van der Waals surface area contributed by atoms with E-state index in [9.17, 15) is 19.5 Å². The Morgan fingerprint density at radius 1 is 1.06 bits per heavy atom. The Kier molecular flexibility index (Phi) is 7.01. The lowest BCUT2D eigenvalue weighted by atomic mass is 10.0. The maximum Gasteiger partial charge on any atom is 0.340 e. The molecule has 166 valence electrons. The van der Waals surface area contributed by atoms with Crippen molar-refractivity contribution in [2.24, 2.45) is 0 Å². The highest BCUT2D eigenvalue weighted by Gasteiger charge is 2.35. The molecule has 0 aromatic heterocycles. The van der Waals surface area contributed by atoms with E-state index < -0.39 is 17.8 Å². The number of para-hydroxylation sites is 1. The van der Waals surface area contributed by atoms with E-state index in [1.165, 1.54) is 39.5 Å². The summed E-state index contributed by atoms with van der Waals surface area (Å²) in [5.74, 6) is -1.85. The number of methoxy groups -OCH3 is 3. The topological polar surface area (TPSA) is 114 Å². The van der Waals surface area contributed by atoms with E-state index in [2.05, 4.69) is 5.43 Å². The number of aromatic carboxylic acids is 1. The largest absolute Gasteiger partial charge is 0.496 e. The number of rotatable bonds is 7. The molecule has 0 aliphatic carbocycles. The highest BCUT2D eigenvalue weighted by molar-refractivity contribution is 8.26. The maximum atomic E-state index is 12.9. The number of thioether (sulfide) groups is 1. The van der Waals surface area contributed by atoms with Crippen LogP contribution in [0.15, 0.2) is 41.3 Å².